The average Bonchev–Trinajstić information content (AvgIpc) is 2.58. The predicted octanol–water partition coefficient (Wildman–Crippen LogP) is 3.32. The Kier molecular flexibility index (Phi) is 6.26. The van der Waals surface area contributed by atoms with Crippen LogP contribution >= 0.6 is 0 Å². The fraction of sp³-hybridized carbons (Fsp3) is 0.350. The first-order valence-corrected chi connectivity index (χ1v) is 10.5. The molecular weight excluding hydrogens is 367 g/mol. The first-order valence-electron chi connectivity index (χ1n) is 8.60. The third-order valence-corrected chi connectivity index (χ3v) is 5.32. The van der Waals surface area contributed by atoms with Crippen molar-refractivity contribution in [2.75, 3.05) is 23.7 Å². The monoisotopic (exact) mass is 392 g/mol. The molecule has 0 aromatic heterocycles. The molecule has 7 heteroatoms. The number of carbonyl (C=O) groups is 1. The molecule has 0 unspecified atom stereocenters. The minimum Gasteiger partial charge on any atom is -0.350 e. The van der Waals surface area contributed by atoms with E-state index in [0.29, 0.717) is 11.3 Å². The van der Waals surface area contributed by atoms with E-state index in [1.165, 1.54) is 24.3 Å². The van der Waals surface area contributed by atoms with E-state index >= 15 is 0 Å². The summed E-state index contributed by atoms with van der Waals surface area (Å²) in [6.45, 7) is 6.46. The van der Waals surface area contributed by atoms with Crippen molar-refractivity contribution in [2.45, 2.75) is 26.2 Å². The topological polar surface area (TPSA) is 66.5 Å². The molecule has 2 aromatic carbocycles. The van der Waals surface area contributed by atoms with E-state index in [0.717, 1.165) is 16.1 Å². The molecule has 0 saturated carbocycles. The minimum absolute atomic E-state index is 0.000150. The van der Waals surface area contributed by atoms with Gasteiger partial charge in [0.05, 0.1) is 18.5 Å². The molecule has 0 aliphatic heterocycles. The minimum atomic E-state index is -3.56. The van der Waals surface area contributed by atoms with E-state index in [1.807, 2.05) is 12.1 Å². The van der Waals surface area contributed by atoms with Crippen LogP contribution in [0.25, 0.3) is 0 Å². The summed E-state index contributed by atoms with van der Waals surface area (Å²) in [5.41, 5.74) is 1.98. The van der Waals surface area contributed by atoms with Crippen LogP contribution < -0.4 is 9.62 Å². The molecule has 27 heavy (non-hydrogen) atoms. The molecule has 0 heterocycles. The second-order valence-corrected chi connectivity index (χ2v) is 9.30. The number of halogens is 1. The zero-order valence-electron chi connectivity index (χ0n) is 16.0. The van der Waals surface area contributed by atoms with Gasteiger partial charge in [0.1, 0.15) is 5.82 Å². The standard InChI is InChI=1S/C20H25FN2O3S/c1-20(2,3)16-7-5-15(6-8-16)19(24)22-13-14-23(27(4,25)26)18-11-9-17(21)10-12-18/h5-12H,13-14H2,1-4H3,(H,22,24). The van der Waals surface area contributed by atoms with Crippen molar-refractivity contribution in [3.63, 3.8) is 0 Å². The smallest absolute Gasteiger partial charge is 0.251 e. The SMILES string of the molecule is CC(C)(C)c1ccc(C(=O)NCCN(c2ccc(F)cc2)S(C)(=O)=O)cc1. The summed E-state index contributed by atoms with van der Waals surface area (Å²) >= 11 is 0. The Balaban J connectivity index is 2.02. The van der Waals surface area contributed by atoms with Crippen LogP contribution in [0.4, 0.5) is 10.1 Å². The van der Waals surface area contributed by atoms with Crippen LogP contribution in [-0.4, -0.2) is 33.7 Å². The van der Waals surface area contributed by atoms with Gasteiger partial charge in [0.2, 0.25) is 10.0 Å². The number of sulfonamides is 1. The number of anilines is 1. The highest BCUT2D eigenvalue weighted by atomic mass is 32.2. The molecule has 0 saturated heterocycles. The van der Waals surface area contributed by atoms with Crippen molar-refractivity contribution in [1.29, 1.82) is 0 Å². The van der Waals surface area contributed by atoms with E-state index in [-0.39, 0.29) is 24.4 Å². The summed E-state index contributed by atoms with van der Waals surface area (Å²) in [6.07, 6.45) is 1.07. The molecule has 1 amide bonds. The Morgan fingerprint density at radius 1 is 1.04 bits per heavy atom. The lowest BCUT2D eigenvalue weighted by Gasteiger charge is -2.22. The summed E-state index contributed by atoms with van der Waals surface area (Å²) in [6, 6.07) is 12.5. The maximum absolute atomic E-state index is 13.1. The number of benzene rings is 2. The highest BCUT2D eigenvalue weighted by Crippen LogP contribution is 2.22. The zero-order valence-corrected chi connectivity index (χ0v) is 16.8. The van der Waals surface area contributed by atoms with Gasteiger partial charge in [-0.3, -0.25) is 9.10 Å². The van der Waals surface area contributed by atoms with Gasteiger partial charge in [0.15, 0.2) is 0 Å². The quantitative estimate of drug-likeness (QED) is 0.820. The molecule has 2 aromatic rings. The molecule has 0 aliphatic rings. The maximum Gasteiger partial charge on any atom is 0.251 e. The fourth-order valence-corrected chi connectivity index (χ4v) is 3.52. The molecular formula is C20H25FN2O3S. The van der Waals surface area contributed by atoms with E-state index < -0.39 is 15.8 Å². The molecule has 5 nitrogen and oxygen atoms in total. The van der Waals surface area contributed by atoms with E-state index in [2.05, 4.69) is 26.1 Å². The Bertz CT molecular complexity index is 886. The Morgan fingerprint density at radius 2 is 1.59 bits per heavy atom. The molecule has 0 atom stereocenters. The fourth-order valence-electron chi connectivity index (χ4n) is 2.59. The lowest BCUT2D eigenvalue weighted by Crippen LogP contribution is -2.38. The number of amides is 1. The van der Waals surface area contributed by atoms with Crippen molar-refractivity contribution < 1.29 is 17.6 Å². The van der Waals surface area contributed by atoms with Gasteiger partial charge in [-0.1, -0.05) is 32.9 Å². The van der Waals surface area contributed by atoms with Crippen molar-refractivity contribution >= 4 is 21.6 Å². The Labute approximate surface area is 160 Å². The molecule has 0 aliphatic carbocycles. The highest BCUT2D eigenvalue weighted by Gasteiger charge is 2.18. The van der Waals surface area contributed by atoms with Crippen LogP contribution in [-0.2, 0) is 15.4 Å². The summed E-state index contributed by atoms with van der Waals surface area (Å²) in [5, 5.41) is 2.72. The molecule has 0 bridgehead atoms. The third-order valence-electron chi connectivity index (χ3n) is 4.13. The van der Waals surface area contributed by atoms with Crippen LogP contribution in [0.3, 0.4) is 0 Å². The average molecular weight is 392 g/mol. The first-order chi connectivity index (χ1) is 12.5. The van der Waals surface area contributed by atoms with E-state index in [1.54, 1.807) is 12.1 Å². The molecule has 2 rings (SSSR count). The second kappa shape index (κ2) is 8.08. The summed E-state index contributed by atoms with van der Waals surface area (Å²) in [4.78, 5) is 12.3. The normalized spacial score (nSPS) is 11.9. The number of rotatable bonds is 6. The first kappa shape index (κ1) is 20.9. The van der Waals surface area contributed by atoms with Gasteiger partial charge in [-0.05, 0) is 47.4 Å². The number of carbonyl (C=O) groups excluding carboxylic acids is 1. The van der Waals surface area contributed by atoms with Gasteiger partial charge in [0.25, 0.3) is 5.91 Å². The predicted molar refractivity (Wildman–Crippen MR) is 106 cm³/mol. The number of nitrogens with zero attached hydrogens (tertiary/aromatic N) is 1. The number of hydrogen-bond acceptors (Lipinski definition) is 3. The third kappa shape index (κ3) is 5.79. The molecule has 0 fully saturated rings. The van der Waals surface area contributed by atoms with Gasteiger partial charge in [-0.25, -0.2) is 12.8 Å². The van der Waals surface area contributed by atoms with E-state index in [9.17, 15) is 17.6 Å². The lowest BCUT2D eigenvalue weighted by molar-refractivity contribution is 0.0954. The van der Waals surface area contributed by atoms with Crippen LogP contribution in [0.1, 0.15) is 36.7 Å². The van der Waals surface area contributed by atoms with Crippen LogP contribution in [0.2, 0.25) is 0 Å². The van der Waals surface area contributed by atoms with Gasteiger partial charge >= 0.3 is 0 Å². The molecule has 0 radical (unpaired) electrons. The largest absolute Gasteiger partial charge is 0.350 e. The molecule has 146 valence electrons. The van der Waals surface area contributed by atoms with Gasteiger partial charge in [-0.2, -0.15) is 0 Å². The summed E-state index contributed by atoms with van der Waals surface area (Å²) in [5.74, 6) is -0.720. The van der Waals surface area contributed by atoms with Crippen molar-refractivity contribution in [1.82, 2.24) is 5.32 Å². The zero-order chi connectivity index (χ0) is 20.2. The second-order valence-electron chi connectivity index (χ2n) is 7.39. The summed E-state index contributed by atoms with van der Waals surface area (Å²) in [7, 11) is -3.56. The van der Waals surface area contributed by atoms with E-state index in [4.69, 9.17) is 0 Å². The molecule has 1 N–H and O–H groups in total. The maximum atomic E-state index is 13.1. The van der Waals surface area contributed by atoms with Crippen molar-refractivity contribution in [2.24, 2.45) is 0 Å². The number of hydrogen-bond donors (Lipinski definition) is 1. The van der Waals surface area contributed by atoms with Crippen LogP contribution in [0, 0.1) is 5.82 Å². The van der Waals surface area contributed by atoms with Crippen LogP contribution in [0.5, 0.6) is 0 Å². The Hall–Kier alpha value is -2.41. The van der Waals surface area contributed by atoms with Gasteiger partial charge < -0.3 is 5.32 Å². The van der Waals surface area contributed by atoms with Crippen molar-refractivity contribution in [3.8, 4) is 0 Å². The van der Waals surface area contributed by atoms with Gasteiger partial charge in [-0.15, -0.1) is 0 Å². The Morgan fingerprint density at radius 3 is 2.07 bits per heavy atom. The van der Waals surface area contributed by atoms with Crippen molar-refractivity contribution in [3.05, 3.63) is 65.5 Å². The highest BCUT2D eigenvalue weighted by molar-refractivity contribution is 7.92. The van der Waals surface area contributed by atoms with Crippen LogP contribution in [0.15, 0.2) is 48.5 Å². The van der Waals surface area contributed by atoms with Gasteiger partial charge in [0, 0.05) is 12.1 Å². The lowest BCUT2D eigenvalue weighted by atomic mass is 9.87. The molecule has 0 spiro atoms. The number of nitrogens with one attached hydrogen (secondary N) is 1. The summed E-state index contributed by atoms with van der Waals surface area (Å²) < 4.78 is 38.2.